The summed E-state index contributed by atoms with van der Waals surface area (Å²) in [4.78, 5) is 54.9. The number of hydrogen-bond acceptors (Lipinski definition) is 15. The van der Waals surface area contributed by atoms with Gasteiger partial charge in [0.15, 0.2) is 24.8 Å². The summed E-state index contributed by atoms with van der Waals surface area (Å²) in [6.07, 6.45) is -13.0. The van der Waals surface area contributed by atoms with Crippen LogP contribution in [0.25, 0.3) is 0 Å². The van der Waals surface area contributed by atoms with Gasteiger partial charge in [0, 0.05) is 0 Å². The number of esters is 4. The van der Waals surface area contributed by atoms with Crippen molar-refractivity contribution in [3.63, 3.8) is 0 Å². The molecule has 1 N–H and O–H groups in total. The number of benzene rings is 6. The van der Waals surface area contributed by atoms with E-state index in [4.69, 9.17) is 47.4 Å². The van der Waals surface area contributed by atoms with Crippen LogP contribution in [0.15, 0.2) is 195 Å². The Morgan fingerprint density at radius 2 is 0.819 bits per heavy atom. The van der Waals surface area contributed by atoms with Gasteiger partial charge >= 0.3 is 23.9 Å². The lowest BCUT2D eigenvalue weighted by molar-refractivity contribution is -0.366. The molecule has 6 aromatic carbocycles. The molecular formula is C57H54O15. The van der Waals surface area contributed by atoms with Gasteiger partial charge in [-0.15, -0.1) is 6.58 Å². The molecular weight excluding hydrogens is 925 g/mol. The first-order valence-electron chi connectivity index (χ1n) is 23.4. The molecule has 0 aliphatic carbocycles. The van der Waals surface area contributed by atoms with Gasteiger partial charge in [0.2, 0.25) is 0 Å². The van der Waals surface area contributed by atoms with Crippen LogP contribution in [0.1, 0.15) is 52.6 Å². The van der Waals surface area contributed by atoms with E-state index < -0.39 is 98.5 Å². The second kappa shape index (κ2) is 25.7. The predicted octanol–water partition coefficient (Wildman–Crippen LogP) is 7.72. The topological polar surface area (TPSA) is 181 Å². The second-order valence-electron chi connectivity index (χ2n) is 16.7. The zero-order valence-electron chi connectivity index (χ0n) is 39.1. The average Bonchev–Trinajstić information content (AvgIpc) is 3.43. The Balaban J connectivity index is 1.20. The molecule has 6 aromatic rings. The molecule has 10 atom stereocenters. The number of rotatable bonds is 21. The van der Waals surface area contributed by atoms with Gasteiger partial charge in [-0.25, -0.2) is 19.2 Å². The van der Waals surface area contributed by atoms with Gasteiger partial charge < -0.3 is 52.5 Å². The first-order chi connectivity index (χ1) is 35.2. The Bertz CT molecular complexity index is 2640. The van der Waals surface area contributed by atoms with Gasteiger partial charge in [-0.05, 0) is 59.7 Å². The largest absolute Gasteiger partial charge is 0.459 e. The van der Waals surface area contributed by atoms with Gasteiger partial charge in [-0.2, -0.15) is 0 Å². The smallest absolute Gasteiger partial charge is 0.338 e. The Hall–Kier alpha value is -7.34. The van der Waals surface area contributed by atoms with Crippen molar-refractivity contribution in [3.05, 3.63) is 228 Å². The number of carbonyl (C=O) groups is 4. The van der Waals surface area contributed by atoms with Gasteiger partial charge in [-0.3, -0.25) is 0 Å². The molecule has 2 saturated heterocycles. The van der Waals surface area contributed by atoms with Crippen molar-refractivity contribution in [1.82, 2.24) is 0 Å². The van der Waals surface area contributed by atoms with E-state index in [0.29, 0.717) is 5.56 Å². The highest BCUT2D eigenvalue weighted by Gasteiger charge is 2.56. The second-order valence-corrected chi connectivity index (χ2v) is 16.7. The Morgan fingerprint density at radius 1 is 0.444 bits per heavy atom. The number of aliphatic hydroxyl groups is 1. The molecule has 0 saturated carbocycles. The Kier molecular flexibility index (Phi) is 18.2. The summed E-state index contributed by atoms with van der Waals surface area (Å²) in [5, 5.41) is 12.6. The third-order valence-electron chi connectivity index (χ3n) is 11.7. The Labute approximate surface area is 416 Å². The molecule has 0 spiro atoms. The SMILES string of the molecule is C=CCO[C@@H]1OC(COC(=O)c2ccccc2)[C@H](OCc2ccccc2)C(O[C@H]2OC(COC(=O)c3ccccc3)[C@H](OC(=O)c3ccccc3)C(O)C2OCc2ccccc2)C1OC(=O)c1ccccc1. The van der Waals surface area contributed by atoms with Crippen molar-refractivity contribution in [1.29, 1.82) is 0 Å². The molecule has 2 heterocycles. The van der Waals surface area contributed by atoms with Crippen LogP contribution in [-0.4, -0.2) is 110 Å². The molecule has 0 aromatic heterocycles. The van der Waals surface area contributed by atoms with Crippen molar-refractivity contribution < 1.29 is 71.7 Å². The standard InChI is InChI=1S/C57H54O15/c1-2-33-63-56-51(71-55(62)43-31-19-8-20-32-43)50(48(64-34-38-21-9-3-10-22-38)45(68-56)37-67-53(60)41-27-15-6-16-28-41)72-57-49(65-35-39-23-11-4-12-24-39)46(58)47(70-54(61)42-29-17-7-18-30-42)44(69-57)36-66-52(59)40-25-13-5-14-26-40/h2-32,44-51,56-58H,1,33-37H2/t44?,45?,46?,47-,48-,49?,50?,51?,56+,57+/m0/s1. The summed E-state index contributed by atoms with van der Waals surface area (Å²) in [6.45, 7) is 2.64. The van der Waals surface area contributed by atoms with E-state index in [1.165, 1.54) is 6.08 Å². The highest BCUT2D eigenvalue weighted by Crippen LogP contribution is 2.36. The van der Waals surface area contributed by atoms with Crippen molar-refractivity contribution in [2.24, 2.45) is 0 Å². The van der Waals surface area contributed by atoms with Gasteiger partial charge in [0.05, 0.1) is 42.1 Å². The van der Waals surface area contributed by atoms with Crippen molar-refractivity contribution in [2.45, 2.75) is 74.6 Å². The number of aliphatic hydroxyl groups excluding tert-OH is 1. The lowest BCUT2D eigenvalue weighted by Gasteiger charge is -2.49. The van der Waals surface area contributed by atoms with E-state index in [9.17, 15) is 24.3 Å². The zero-order valence-corrected chi connectivity index (χ0v) is 39.1. The average molecular weight is 979 g/mol. The van der Waals surface area contributed by atoms with Crippen molar-refractivity contribution in [3.8, 4) is 0 Å². The molecule has 372 valence electrons. The van der Waals surface area contributed by atoms with Crippen LogP contribution in [0.4, 0.5) is 0 Å². The van der Waals surface area contributed by atoms with Gasteiger partial charge in [0.1, 0.15) is 49.8 Å². The fourth-order valence-electron chi connectivity index (χ4n) is 8.10. The van der Waals surface area contributed by atoms with Crippen LogP contribution in [0.2, 0.25) is 0 Å². The van der Waals surface area contributed by atoms with Crippen LogP contribution in [-0.2, 0) is 60.6 Å². The molecule has 72 heavy (non-hydrogen) atoms. The van der Waals surface area contributed by atoms with Crippen molar-refractivity contribution >= 4 is 23.9 Å². The number of ether oxygens (including phenoxy) is 10. The molecule has 2 fully saturated rings. The highest BCUT2D eigenvalue weighted by atomic mass is 16.8. The maximum absolute atomic E-state index is 14.2. The zero-order chi connectivity index (χ0) is 50.1. The molecule has 6 unspecified atom stereocenters. The molecule has 2 aliphatic rings. The third-order valence-corrected chi connectivity index (χ3v) is 11.7. The molecule has 15 heteroatoms. The van der Waals surface area contributed by atoms with Crippen LogP contribution in [0, 0.1) is 0 Å². The first kappa shape index (κ1) is 51.0. The molecule has 0 radical (unpaired) electrons. The van der Waals surface area contributed by atoms with Gasteiger partial charge in [0.25, 0.3) is 0 Å². The fraction of sp³-hybridized carbons (Fsp3) is 0.263. The van der Waals surface area contributed by atoms with E-state index in [0.717, 1.165) is 5.56 Å². The van der Waals surface area contributed by atoms with E-state index in [1.807, 2.05) is 60.7 Å². The van der Waals surface area contributed by atoms with Crippen LogP contribution >= 0.6 is 0 Å². The normalized spacial score (nSPS) is 23.7. The van der Waals surface area contributed by atoms with E-state index >= 15 is 0 Å². The lowest BCUT2D eigenvalue weighted by atomic mass is 9.96. The molecule has 15 nitrogen and oxygen atoms in total. The third kappa shape index (κ3) is 13.5. The Morgan fingerprint density at radius 3 is 1.26 bits per heavy atom. The highest BCUT2D eigenvalue weighted by molar-refractivity contribution is 5.91. The summed E-state index contributed by atoms with van der Waals surface area (Å²) in [6, 6.07) is 51.3. The number of hydrogen-bond donors (Lipinski definition) is 1. The predicted molar refractivity (Wildman–Crippen MR) is 259 cm³/mol. The quantitative estimate of drug-likeness (QED) is 0.0420. The lowest BCUT2D eigenvalue weighted by Crippen LogP contribution is -2.66. The molecule has 8 rings (SSSR count). The van der Waals surface area contributed by atoms with E-state index in [-0.39, 0.29) is 42.1 Å². The molecule has 2 aliphatic heterocycles. The monoisotopic (exact) mass is 978 g/mol. The summed E-state index contributed by atoms with van der Waals surface area (Å²) in [5.74, 6) is -2.95. The minimum Gasteiger partial charge on any atom is -0.459 e. The molecule has 0 bridgehead atoms. The van der Waals surface area contributed by atoms with E-state index in [2.05, 4.69) is 6.58 Å². The maximum Gasteiger partial charge on any atom is 0.338 e. The summed E-state index contributed by atoms with van der Waals surface area (Å²) < 4.78 is 63.7. The van der Waals surface area contributed by atoms with Crippen LogP contribution < -0.4 is 0 Å². The maximum atomic E-state index is 14.2. The summed E-state index contributed by atoms with van der Waals surface area (Å²) in [5.41, 5.74) is 2.34. The summed E-state index contributed by atoms with van der Waals surface area (Å²) in [7, 11) is 0. The summed E-state index contributed by atoms with van der Waals surface area (Å²) >= 11 is 0. The first-order valence-corrected chi connectivity index (χ1v) is 23.4. The van der Waals surface area contributed by atoms with Crippen LogP contribution in [0.5, 0.6) is 0 Å². The van der Waals surface area contributed by atoms with Crippen molar-refractivity contribution in [2.75, 3.05) is 19.8 Å². The number of carbonyl (C=O) groups excluding carboxylic acids is 4. The van der Waals surface area contributed by atoms with E-state index in [1.54, 1.807) is 121 Å². The minimum atomic E-state index is -1.72. The minimum absolute atomic E-state index is 0.0347. The fourth-order valence-corrected chi connectivity index (χ4v) is 8.10. The van der Waals surface area contributed by atoms with Gasteiger partial charge in [-0.1, -0.05) is 140 Å². The molecule has 0 amide bonds. The van der Waals surface area contributed by atoms with Crippen LogP contribution in [0.3, 0.4) is 0 Å².